The van der Waals surface area contributed by atoms with E-state index in [2.05, 4.69) is 31.0 Å². The molecule has 8 nitrogen and oxygen atoms in total. The average molecular weight is 502 g/mol. The normalized spacial score (nSPS) is 15.8. The van der Waals surface area contributed by atoms with Gasteiger partial charge in [0.05, 0.1) is 0 Å². The van der Waals surface area contributed by atoms with E-state index in [0.29, 0.717) is 17.8 Å². The van der Waals surface area contributed by atoms with E-state index in [1.807, 2.05) is 30.6 Å². The van der Waals surface area contributed by atoms with Crippen molar-refractivity contribution in [3.05, 3.63) is 54.9 Å². The van der Waals surface area contributed by atoms with Gasteiger partial charge in [0.25, 0.3) is 5.91 Å². The van der Waals surface area contributed by atoms with Gasteiger partial charge in [-0.25, -0.2) is 14.8 Å². The molecule has 190 valence electrons. The molecule has 36 heavy (non-hydrogen) atoms. The number of alkyl halides is 3. The lowest BCUT2D eigenvalue weighted by Gasteiger charge is -2.13. The molecule has 2 saturated carbocycles. The van der Waals surface area contributed by atoms with Crippen molar-refractivity contribution in [3.63, 3.8) is 0 Å². The van der Waals surface area contributed by atoms with Crippen LogP contribution in [-0.2, 0) is 11.3 Å². The molecule has 3 aromatic rings. The topological polar surface area (TPSA) is 110 Å². The summed E-state index contributed by atoms with van der Waals surface area (Å²) in [7, 11) is 0. The molecular formula is C25H26F3N5O3. The first kappa shape index (κ1) is 25.3. The van der Waals surface area contributed by atoms with Crippen LogP contribution in [0.3, 0.4) is 0 Å². The molecule has 2 aliphatic carbocycles. The number of rotatable bonds is 6. The van der Waals surface area contributed by atoms with Crippen molar-refractivity contribution in [2.24, 2.45) is 5.92 Å². The van der Waals surface area contributed by atoms with Gasteiger partial charge >= 0.3 is 12.1 Å². The lowest BCUT2D eigenvalue weighted by molar-refractivity contribution is -0.192. The summed E-state index contributed by atoms with van der Waals surface area (Å²) in [6, 6.07) is 6.12. The smallest absolute Gasteiger partial charge is 0.475 e. The van der Waals surface area contributed by atoms with Crippen molar-refractivity contribution >= 4 is 11.9 Å². The molecule has 3 aromatic heterocycles. The van der Waals surface area contributed by atoms with Crippen molar-refractivity contribution < 1.29 is 27.9 Å². The maximum Gasteiger partial charge on any atom is 0.490 e. The summed E-state index contributed by atoms with van der Waals surface area (Å²) < 4.78 is 33.9. The Kier molecular flexibility index (Phi) is 7.66. The summed E-state index contributed by atoms with van der Waals surface area (Å²) in [4.78, 5) is 35.0. The van der Waals surface area contributed by atoms with E-state index in [0.717, 1.165) is 41.8 Å². The van der Waals surface area contributed by atoms with Gasteiger partial charge in [0.2, 0.25) is 0 Å². The monoisotopic (exact) mass is 501 g/mol. The minimum absolute atomic E-state index is 0.0386. The second-order valence-electron chi connectivity index (χ2n) is 9.00. The number of carbonyl (C=O) groups excluding carboxylic acids is 1. The Morgan fingerprint density at radius 2 is 1.69 bits per heavy atom. The number of carbonyl (C=O) groups is 2. The number of aliphatic carboxylic acids is 1. The highest BCUT2D eigenvalue weighted by Gasteiger charge is 2.38. The van der Waals surface area contributed by atoms with Gasteiger partial charge in [-0.1, -0.05) is 12.8 Å². The number of carboxylic acid groups (broad SMARTS) is 1. The summed E-state index contributed by atoms with van der Waals surface area (Å²) in [5.41, 5.74) is 3.54. The number of carboxylic acids is 1. The Bertz CT molecular complexity index is 1190. The standard InChI is InChI=1S/C23H25N5O.C2HF3O2/c29-23(27-20-5-1-2-6-20)21-10-18(15-28(21)14-16-7-8-16)19-12-25-22(26-13-19)17-4-3-9-24-11-17;3-2(4,5)1(6)7/h3-4,9-13,15-16,20H,1-2,5-8,14H2,(H,27,29);(H,6,7). The van der Waals surface area contributed by atoms with Gasteiger partial charge < -0.3 is 15.0 Å². The first-order valence-electron chi connectivity index (χ1n) is 11.7. The van der Waals surface area contributed by atoms with Gasteiger partial charge in [0, 0.05) is 60.3 Å². The van der Waals surface area contributed by atoms with Crippen molar-refractivity contribution in [1.29, 1.82) is 0 Å². The predicted molar refractivity (Wildman–Crippen MR) is 125 cm³/mol. The second-order valence-corrected chi connectivity index (χ2v) is 9.00. The van der Waals surface area contributed by atoms with Gasteiger partial charge in [0.1, 0.15) is 5.69 Å². The quantitative estimate of drug-likeness (QED) is 0.506. The largest absolute Gasteiger partial charge is 0.490 e. The van der Waals surface area contributed by atoms with Crippen molar-refractivity contribution in [2.45, 2.75) is 57.3 Å². The number of aromatic nitrogens is 4. The SMILES string of the molecule is O=C(NC1CCCC1)c1cc(-c2cnc(-c3cccnc3)nc2)cn1CC1CC1.O=C(O)C(F)(F)F. The molecule has 2 N–H and O–H groups in total. The summed E-state index contributed by atoms with van der Waals surface area (Å²) >= 11 is 0. The van der Waals surface area contributed by atoms with Crippen LogP contribution in [0.2, 0.25) is 0 Å². The minimum atomic E-state index is -5.08. The molecule has 0 spiro atoms. The Morgan fingerprint density at radius 1 is 1.03 bits per heavy atom. The van der Waals surface area contributed by atoms with Crippen molar-refractivity contribution in [1.82, 2.24) is 24.8 Å². The Morgan fingerprint density at radius 3 is 2.25 bits per heavy atom. The molecule has 2 fully saturated rings. The molecule has 0 saturated heterocycles. The Labute approximate surface area is 205 Å². The Hall–Kier alpha value is -3.76. The number of hydrogen-bond acceptors (Lipinski definition) is 5. The fourth-order valence-corrected chi connectivity index (χ4v) is 4.04. The van der Waals surface area contributed by atoms with Crippen molar-refractivity contribution in [2.75, 3.05) is 0 Å². The van der Waals surface area contributed by atoms with E-state index in [9.17, 15) is 18.0 Å². The molecule has 0 radical (unpaired) electrons. The molecule has 3 heterocycles. The maximum absolute atomic E-state index is 12.9. The van der Waals surface area contributed by atoms with E-state index in [1.54, 1.807) is 12.4 Å². The molecule has 5 rings (SSSR count). The number of nitrogens with zero attached hydrogens (tertiary/aromatic N) is 4. The first-order valence-corrected chi connectivity index (χ1v) is 11.7. The van der Waals surface area contributed by atoms with Crippen LogP contribution in [0.15, 0.2) is 49.2 Å². The fraction of sp³-hybridized carbons (Fsp3) is 0.400. The van der Waals surface area contributed by atoms with E-state index >= 15 is 0 Å². The van der Waals surface area contributed by atoms with Gasteiger partial charge in [0.15, 0.2) is 5.82 Å². The summed E-state index contributed by atoms with van der Waals surface area (Å²) in [6.45, 7) is 0.905. The lowest BCUT2D eigenvalue weighted by Crippen LogP contribution is -2.34. The highest BCUT2D eigenvalue weighted by Crippen LogP contribution is 2.33. The first-order chi connectivity index (χ1) is 17.2. The van der Waals surface area contributed by atoms with E-state index in [-0.39, 0.29) is 5.91 Å². The van der Waals surface area contributed by atoms with Gasteiger partial charge in [-0.05, 0) is 49.8 Å². The lowest BCUT2D eigenvalue weighted by atomic mass is 10.1. The summed E-state index contributed by atoms with van der Waals surface area (Å²) in [5, 5.41) is 10.4. The van der Waals surface area contributed by atoms with Crippen LogP contribution < -0.4 is 5.32 Å². The molecule has 1 amide bonds. The zero-order valence-electron chi connectivity index (χ0n) is 19.4. The van der Waals surface area contributed by atoms with E-state index in [1.165, 1.54) is 25.7 Å². The van der Waals surface area contributed by atoms with E-state index < -0.39 is 12.1 Å². The summed E-state index contributed by atoms with van der Waals surface area (Å²) in [6.07, 6.45) is 11.2. The van der Waals surface area contributed by atoms with Crippen LogP contribution in [0, 0.1) is 5.92 Å². The molecule has 11 heteroatoms. The maximum atomic E-state index is 12.9. The van der Waals surface area contributed by atoms with Gasteiger partial charge in [-0.3, -0.25) is 9.78 Å². The van der Waals surface area contributed by atoms with Crippen LogP contribution in [0.5, 0.6) is 0 Å². The van der Waals surface area contributed by atoms with Crippen LogP contribution in [0.1, 0.15) is 49.0 Å². The highest BCUT2D eigenvalue weighted by atomic mass is 19.4. The highest BCUT2D eigenvalue weighted by molar-refractivity contribution is 5.94. The number of hydrogen-bond donors (Lipinski definition) is 2. The van der Waals surface area contributed by atoms with Crippen molar-refractivity contribution in [3.8, 4) is 22.5 Å². The minimum Gasteiger partial charge on any atom is -0.475 e. The third kappa shape index (κ3) is 6.67. The number of halogens is 3. The predicted octanol–water partition coefficient (Wildman–Crippen LogP) is 4.72. The van der Waals surface area contributed by atoms with Gasteiger partial charge in [-0.2, -0.15) is 13.2 Å². The molecule has 0 atom stereocenters. The second kappa shape index (κ2) is 10.9. The fourth-order valence-electron chi connectivity index (χ4n) is 4.04. The van der Waals surface area contributed by atoms with Crippen LogP contribution in [0.4, 0.5) is 13.2 Å². The zero-order chi connectivity index (χ0) is 25.7. The number of pyridine rings is 1. The molecule has 0 unspecified atom stereocenters. The average Bonchev–Trinajstić information content (AvgIpc) is 3.34. The van der Waals surface area contributed by atoms with Gasteiger partial charge in [-0.15, -0.1) is 0 Å². The zero-order valence-corrected chi connectivity index (χ0v) is 19.4. The van der Waals surface area contributed by atoms with E-state index in [4.69, 9.17) is 9.90 Å². The van der Waals surface area contributed by atoms with Crippen LogP contribution in [-0.4, -0.2) is 48.7 Å². The molecule has 2 aliphatic rings. The molecular weight excluding hydrogens is 475 g/mol. The molecule has 0 bridgehead atoms. The molecule has 0 aromatic carbocycles. The van der Waals surface area contributed by atoms with Crippen LogP contribution in [0.25, 0.3) is 22.5 Å². The molecule has 0 aliphatic heterocycles. The number of amides is 1. The Balaban J connectivity index is 0.000000384. The van der Waals surface area contributed by atoms with Crippen LogP contribution >= 0.6 is 0 Å². The summed E-state index contributed by atoms with van der Waals surface area (Å²) in [5.74, 6) is -1.37. The third-order valence-corrected chi connectivity index (χ3v) is 6.12. The third-order valence-electron chi connectivity index (χ3n) is 6.12. The number of nitrogens with one attached hydrogen (secondary N) is 1.